The first kappa shape index (κ1) is 13.3. The minimum Gasteiger partial charge on any atom is -0.378 e. The van der Waals surface area contributed by atoms with Crippen LogP contribution in [-0.4, -0.2) is 19.1 Å². The quantitative estimate of drug-likeness (QED) is 0.919. The Labute approximate surface area is 110 Å². The lowest BCUT2D eigenvalue weighted by Gasteiger charge is -2.18. The van der Waals surface area contributed by atoms with E-state index in [0.29, 0.717) is 5.56 Å². The molecule has 5 heteroatoms. The van der Waals surface area contributed by atoms with E-state index in [-0.39, 0.29) is 6.54 Å². The van der Waals surface area contributed by atoms with Gasteiger partial charge >= 0.3 is 0 Å². The number of halogens is 2. The van der Waals surface area contributed by atoms with Gasteiger partial charge in [0, 0.05) is 38.5 Å². The van der Waals surface area contributed by atoms with Crippen LogP contribution >= 0.6 is 0 Å². The zero-order valence-corrected chi connectivity index (χ0v) is 10.8. The van der Waals surface area contributed by atoms with Crippen molar-refractivity contribution in [1.29, 1.82) is 0 Å². The summed E-state index contributed by atoms with van der Waals surface area (Å²) >= 11 is 0. The molecule has 0 radical (unpaired) electrons. The lowest BCUT2D eigenvalue weighted by molar-refractivity contribution is 0.574. The fraction of sp³-hybridized carbons (Fsp3) is 0.214. The lowest BCUT2D eigenvalue weighted by atomic mass is 10.2. The van der Waals surface area contributed by atoms with Crippen LogP contribution in [0.5, 0.6) is 0 Å². The predicted octanol–water partition coefficient (Wildman–Crippen LogP) is 3.04. The Balaban J connectivity index is 2.14. The maximum atomic E-state index is 13.5. The van der Waals surface area contributed by atoms with E-state index >= 15 is 0 Å². The standard InChI is InChI=1S/C14H15F2N3/c1-19(2)14-5-6-17-9-13(14)18-8-10-3-4-11(15)7-12(10)16/h3-7,9,18H,8H2,1-2H3. The van der Waals surface area contributed by atoms with Gasteiger partial charge in [-0.15, -0.1) is 0 Å². The Bertz CT molecular complexity index is 570. The third-order valence-corrected chi connectivity index (χ3v) is 2.76. The van der Waals surface area contributed by atoms with Gasteiger partial charge in [-0.25, -0.2) is 8.78 Å². The Morgan fingerprint density at radius 3 is 2.68 bits per heavy atom. The molecule has 0 amide bonds. The van der Waals surface area contributed by atoms with Crippen LogP contribution in [0, 0.1) is 11.6 Å². The number of nitrogens with zero attached hydrogens (tertiary/aromatic N) is 2. The lowest BCUT2D eigenvalue weighted by Crippen LogP contribution is -2.12. The fourth-order valence-corrected chi connectivity index (χ4v) is 1.77. The van der Waals surface area contributed by atoms with Gasteiger partial charge in [0.2, 0.25) is 0 Å². The molecule has 0 saturated carbocycles. The Morgan fingerprint density at radius 2 is 2.00 bits per heavy atom. The molecule has 1 aromatic heterocycles. The van der Waals surface area contributed by atoms with E-state index in [2.05, 4.69) is 10.3 Å². The number of pyridine rings is 1. The van der Waals surface area contributed by atoms with E-state index in [0.717, 1.165) is 17.4 Å². The average Bonchev–Trinajstić information content (AvgIpc) is 2.38. The molecular formula is C14H15F2N3. The number of anilines is 2. The van der Waals surface area contributed by atoms with Crippen molar-refractivity contribution in [3.63, 3.8) is 0 Å². The highest BCUT2D eigenvalue weighted by Gasteiger charge is 2.07. The molecule has 0 saturated heterocycles. The zero-order valence-electron chi connectivity index (χ0n) is 10.8. The van der Waals surface area contributed by atoms with Crippen LogP contribution in [0.2, 0.25) is 0 Å². The molecule has 1 N–H and O–H groups in total. The second-order valence-electron chi connectivity index (χ2n) is 4.38. The van der Waals surface area contributed by atoms with Gasteiger partial charge in [-0.2, -0.15) is 0 Å². The second-order valence-corrected chi connectivity index (χ2v) is 4.38. The first-order chi connectivity index (χ1) is 9.08. The van der Waals surface area contributed by atoms with Crippen molar-refractivity contribution in [2.75, 3.05) is 24.3 Å². The van der Waals surface area contributed by atoms with E-state index in [9.17, 15) is 8.78 Å². The summed E-state index contributed by atoms with van der Waals surface area (Å²) in [6.45, 7) is 0.276. The molecule has 100 valence electrons. The molecule has 0 atom stereocenters. The largest absolute Gasteiger partial charge is 0.378 e. The minimum atomic E-state index is -0.573. The van der Waals surface area contributed by atoms with Crippen LogP contribution in [0.15, 0.2) is 36.7 Å². The first-order valence-electron chi connectivity index (χ1n) is 5.87. The molecule has 0 aliphatic heterocycles. The maximum Gasteiger partial charge on any atom is 0.131 e. The summed E-state index contributed by atoms with van der Waals surface area (Å²) in [5.41, 5.74) is 2.17. The van der Waals surface area contributed by atoms with Crippen LogP contribution in [0.4, 0.5) is 20.2 Å². The van der Waals surface area contributed by atoms with Crippen molar-refractivity contribution >= 4 is 11.4 Å². The van der Waals surface area contributed by atoms with Gasteiger partial charge in [0.1, 0.15) is 11.6 Å². The summed E-state index contributed by atoms with van der Waals surface area (Å²) < 4.78 is 26.3. The van der Waals surface area contributed by atoms with Crippen LogP contribution in [0.25, 0.3) is 0 Å². The summed E-state index contributed by atoms with van der Waals surface area (Å²) in [6.07, 6.45) is 3.37. The van der Waals surface area contributed by atoms with Crippen LogP contribution in [0.1, 0.15) is 5.56 Å². The summed E-state index contributed by atoms with van der Waals surface area (Å²) in [6, 6.07) is 5.43. The van der Waals surface area contributed by atoms with Gasteiger partial charge in [0.15, 0.2) is 0 Å². The molecule has 19 heavy (non-hydrogen) atoms. The number of hydrogen-bond donors (Lipinski definition) is 1. The molecule has 0 aliphatic carbocycles. The molecule has 2 rings (SSSR count). The molecule has 0 bridgehead atoms. The monoisotopic (exact) mass is 263 g/mol. The normalized spacial score (nSPS) is 10.3. The van der Waals surface area contributed by atoms with Crippen LogP contribution in [-0.2, 0) is 6.54 Å². The van der Waals surface area contributed by atoms with E-state index in [4.69, 9.17) is 0 Å². The highest BCUT2D eigenvalue weighted by molar-refractivity contribution is 5.68. The van der Waals surface area contributed by atoms with E-state index < -0.39 is 11.6 Å². The molecule has 1 heterocycles. The molecular weight excluding hydrogens is 248 g/mol. The number of rotatable bonds is 4. The van der Waals surface area contributed by atoms with Gasteiger partial charge < -0.3 is 10.2 Å². The Kier molecular flexibility index (Phi) is 3.94. The maximum absolute atomic E-state index is 13.5. The minimum absolute atomic E-state index is 0.276. The second kappa shape index (κ2) is 5.65. The smallest absolute Gasteiger partial charge is 0.131 e. The predicted molar refractivity (Wildman–Crippen MR) is 72.2 cm³/mol. The van der Waals surface area contributed by atoms with Gasteiger partial charge in [-0.3, -0.25) is 4.98 Å². The summed E-state index contributed by atoms with van der Waals surface area (Å²) in [4.78, 5) is 5.97. The van der Waals surface area contributed by atoms with Crippen molar-refractivity contribution < 1.29 is 8.78 Å². The third kappa shape index (κ3) is 3.19. The summed E-state index contributed by atoms with van der Waals surface area (Å²) in [5, 5.41) is 3.10. The molecule has 0 unspecified atom stereocenters. The first-order valence-corrected chi connectivity index (χ1v) is 5.87. The Hall–Kier alpha value is -2.17. The fourth-order valence-electron chi connectivity index (χ4n) is 1.77. The number of hydrogen-bond acceptors (Lipinski definition) is 3. The van der Waals surface area contributed by atoms with Crippen LogP contribution in [0.3, 0.4) is 0 Å². The molecule has 0 spiro atoms. The van der Waals surface area contributed by atoms with Crippen molar-refractivity contribution in [1.82, 2.24) is 4.98 Å². The van der Waals surface area contributed by atoms with Gasteiger partial charge in [-0.05, 0) is 12.1 Å². The summed E-state index contributed by atoms with van der Waals surface area (Å²) in [7, 11) is 3.83. The highest BCUT2D eigenvalue weighted by Crippen LogP contribution is 2.23. The molecule has 2 aromatic rings. The Morgan fingerprint density at radius 1 is 1.21 bits per heavy atom. The summed E-state index contributed by atoms with van der Waals surface area (Å²) in [5.74, 6) is -1.13. The van der Waals surface area contributed by atoms with Crippen molar-refractivity contribution in [3.8, 4) is 0 Å². The van der Waals surface area contributed by atoms with Crippen molar-refractivity contribution in [3.05, 3.63) is 53.9 Å². The molecule has 0 aliphatic rings. The number of aromatic nitrogens is 1. The van der Waals surface area contributed by atoms with Gasteiger partial charge in [0.05, 0.1) is 17.6 Å². The SMILES string of the molecule is CN(C)c1ccncc1NCc1ccc(F)cc1F. The third-order valence-electron chi connectivity index (χ3n) is 2.76. The zero-order chi connectivity index (χ0) is 13.8. The van der Waals surface area contributed by atoms with Crippen LogP contribution < -0.4 is 10.2 Å². The molecule has 3 nitrogen and oxygen atoms in total. The highest BCUT2D eigenvalue weighted by atomic mass is 19.1. The van der Waals surface area contributed by atoms with Gasteiger partial charge in [0.25, 0.3) is 0 Å². The van der Waals surface area contributed by atoms with Gasteiger partial charge in [-0.1, -0.05) is 6.07 Å². The molecule has 1 aromatic carbocycles. The van der Waals surface area contributed by atoms with E-state index in [1.807, 2.05) is 25.1 Å². The average molecular weight is 263 g/mol. The molecule has 0 fully saturated rings. The van der Waals surface area contributed by atoms with Crippen molar-refractivity contribution in [2.24, 2.45) is 0 Å². The van der Waals surface area contributed by atoms with Crippen molar-refractivity contribution in [2.45, 2.75) is 6.54 Å². The number of benzene rings is 1. The van der Waals surface area contributed by atoms with E-state index in [1.165, 1.54) is 12.1 Å². The topological polar surface area (TPSA) is 28.2 Å². The van der Waals surface area contributed by atoms with E-state index in [1.54, 1.807) is 12.4 Å². The number of nitrogens with one attached hydrogen (secondary N) is 1.